The maximum atomic E-state index is 3.85. The zero-order valence-corrected chi connectivity index (χ0v) is 19.0. The minimum Gasteiger partial charge on any atom is -0.377 e. The molecule has 1 aliphatic heterocycles. The first-order valence-corrected chi connectivity index (χ1v) is 12.0. The van der Waals surface area contributed by atoms with Crippen LogP contribution >= 0.6 is 0 Å². The molecular formula is C29H37N. The largest absolute Gasteiger partial charge is 0.377 e. The monoisotopic (exact) mass is 399 g/mol. The van der Waals surface area contributed by atoms with Crippen molar-refractivity contribution >= 4 is 11.3 Å². The fourth-order valence-corrected chi connectivity index (χ4v) is 5.92. The van der Waals surface area contributed by atoms with Crippen molar-refractivity contribution in [3.8, 4) is 0 Å². The van der Waals surface area contributed by atoms with E-state index in [1.54, 1.807) is 22.3 Å². The highest BCUT2D eigenvalue weighted by molar-refractivity contribution is 5.88. The average molecular weight is 400 g/mol. The van der Waals surface area contributed by atoms with Crippen LogP contribution in [0.1, 0.15) is 66.8 Å². The highest BCUT2D eigenvalue weighted by Crippen LogP contribution is 2.56. The summed E-state index contributed by atoms with van der Waals surface area (Å²) in [6.45, 7) is 8.92. The van der Waals surface area contributed by atoms with E-state index >= 15 is 0 Å². The van der Waals surface area contributed by atoms with Crippen LogP contribution in [0.3, 0.4) is 0 Å². The van der Waals surface area contributed by atoms with E-state index in [2.05, 4.69) is 73.8 Å². The highest BCUT2D eigenvalue weighted by atomic mass is 15.0. The molecule has 1 heteroatoms. The van der Waals surface area contributed by atoms with Gasteiger partial charge in [0.05, 0.1) is 6.04 Å². The molecule has 5 aliphatic rings. The second kappa shape index (κ2) is 7.45. The van der Waals surface area contributed by atoms with Crippen molar-refractivity contribution in [3.63, 3.8) is 0 Å². The zero-order chi connectivity index (χ0) is 20.9. The molecule has 1 nitrogen and oxygen atoms in total. The molecule has 0 aromatic heterocycles. The van der Waals surface area contributed by atoms with Gasteiger partial charge in [0.2, 0.25) is 0 Å². The highest BCUT2D eigenvalue weighted by Gasteiger charge is 2.44. The van der Waals surface area contributed by atoms with Crippen LogP contribution in [0.15, 0.2) is 76.9 Å². The predicted molar refractivity (Wildman–Crippen MR) is 131 cm³/mol. The van der Waals surface area contributed by atoms with E-state index in [1.165, 1.54) is 36.1 Å². The van der Waals surface area contributed by atoms with Crippen molar-refractivity contribution in [2.45, 2.75) is 65.8 Å². The molecule has 3 atom stereocenters. The van der Waals surface area contributed by atoms with Crippen molar-refractivity contribution in [1.82, 2.24) is 0 Å². The molecule has 0 saturated heterocycles. The predicted octanol–water partition coefficient (Wildman–Crippen LogP) is 8.11. The summed E-state index contributed by atoms with van der Waals surface area (Å²) in [4.78, 5) is 0. The Morgan fingerprint density at radius 1 is 1.10 bits per heavy atom. The second-order valence-corrected chi connectivity index (χ2v) is 9.74. The van der Waals surface area contributed by atoms with Gasteiger partial charge in [-0.05, 0) is 66.7 Å². The van der Waals surface area contributed by atoms with Gasteiger partial charge in [-0.2, -0.15) is 0 Å². The molecular weight excluding hydrogens is 362 g/mol. The van der Waals surface area contributed by atoms with Crippen LogP contribution in [0.2, 0.25) is 0 Å². The van der Waals surface area contributed by atoms with E-state index in [4.69, 9.17) is 0 Å². The van der Waals surface area contributed by atoms with Crippen LogP contribution in [0, 0.1) is 17.3 Å². The summed E-state index contributed by atoms with van der Waals surface area (Å²) in [6.07, 6.45) is 18.6. The van der Waals surface area contributed by atoms with Gasteiger partial charge in [0.25, 0.3) is 0 Å². The van der Waals surface area contributed by atoms with Crippen molar-refractivity contribution in [2.24, 2.45) is 17.3 Å². The number of fused-ring (bicyclic) bond motifs is 7. The molecule has 1 aromatic rings. The molecule has 1 N–H and O–H groups in total. The normalized spacial score (nSPS) is 31.6. The van der Waals surface area contributed by atoms with Gasteiger partial charge in [-0.3, -0.25) is 0 Å². The Morgan fingerprint density at radius 3 is 2.80 bits per heavy atom. The third-order valence-corrected chi connectivity index (χ3v) is 7.71. The van der Waals surface area contributed by atoms with E-state index in [0.29, 0.717) is 6.04 Å². The molecule has 1 fully saturated rings. The second-order valence-electron chi connectivity index (χ2n) is 9.74. The van der Waals surface area contributed by atoms with E-state index in [9.17, 15) is 0 Å². The molecule has 3 unspecified atom stereocenters. The number of hydrogen-bond donors (Lipinski definition) is 1. The third kappa shape index (κ3) is 3.14. The Labute approximate surface area is 183 Å². The van der Waals surface area contributed by atoms with Gasteiger partial charge in [-0.1, -0.05) is 87.4 Å². The number of rotatable bonds is 0. The van der Waals surface area contributed by atoms with Gasteiger partial charge in [0.1, 0.15) is 0 Å². The zero-order valence-electron chi connectivity index (χ0n) is 19.0. The lowest BCUT2D eigenvalue weighted by Crippen LogP contribution is -2.21. The first kappa shape index (κ1) is 19.7. The maximum Gasteiger partial charge on any atom is 0.0558 e. The molecule has 1 saturated carbocycles. The van der Waals surface area contributed by atoms with E-state index in [-0.39, 0.29) is 6.84 Å². The standard InChI is InChI=1S/C27H29N.C2H6.H2/c1-27(2)19-7-5-6-17(10-12-19)14-26-23(20-8-3-4-9-25(20)28-26)16-22-21-15-18(21)11-13-24(22)27;1-2;/h3-4,6,8-9,11-13,16,18,21,26,28H,5,7,10,14-15H2,1-2H3;1-2H3;1H/b23-16+;;. The minimum absolute atomic E-state index is 0. The number of nitrogens with one attached hydrogen (secondary N) is 1. The lowest BCUT2D eigenvalue weighted by molar-refractivity contribution is 0.517. The molecule has 6 rings (SSSR count). The average Bonchev–Trinajstić information content (AvgIpc) is 3.51. The summed E-state index contributed by atoms with van der Waals surface area (Å²) < 4.78 is 0. The van der Waals surface area contributed by atoms with Crippen LogP contribution in [0.25, 0.3) is 5.57 Å². The molecule has 1 aromatic carbocycles. The molecule has 0 radical (unpaired) electrons. The Bertz CT molecular complexity index is 1020. The maximum absolute atomic E-state index is 3.85. The molecule has 1 heterocycles. The van der Waals surface area contributed by atoms with Crippen LogP contribution in [-0.2, 0) is 0 Å². The lowest BCUT2D eigenvalue weighted by Gasteiger charge is -2.33. The SMILES string of the molecule is CC.CC1(C)C2=CCC(=CCC2)CC2Nc3ccccc3/C2=C\C2=C1C=CC1CC21.[HH]. The minimum atomic E-state index is 0. The molecule has 2 bridgehead atoms. The van der Waals surface area contributed by atoms with Gasteiger partial charge >= 0.3 is 0 Å². The molecule has 4 aliphatic carbocycles. The van der Waals surface area contributed by atoms with Gasteiger partial charge in [-0.25, -0.2) is 0 Å². The third-order valence-electron chi connectivity index (χ3n) is 7.71. The van der Waals surface area contributed by atoms with Crippen molar-refractivity contribution < 1.29 is 1.43 Å². The number of benzene rings is 1. The van der Waals surface area contributed by atoms with Gasteiger partial charge in [0.15, 0.2) is 0 Å². The Kier molecular flexibility index (Phi) is 4.88. The van der Waals surface area contributed by atoms with Crippen molar-refractivity contribution in [2.75, 3.05) is 5.32 Å². The molecule has 0 amide bonds. The van der Waals surface area contributed by atoms with Crippen LogP contribution in [0.5, 0.6) is 0 Å². The summed E-state index contributed by atoms with van der Waals surface area (Å²) in [5.74, 6) is 1.51. The number of allylic oxidation sites excluding steroid dienone is 8. The number of para-hydroxylation sites is 1. The molecule has 158 valence electrons. The van der Waals surface area contributed by atoms with Gasteiger partial charge < -0.3 is 5.32 Å². The topological polar surface area (TPSA) is 12.0 Å². The Hall–Kier alpha value is -2.28. The summed E-state index contributed by atoms with van der Waals surface area (Å²) in [5, 5.41) is 3.85. The van der Waals surface area contributed by atoms with Crippen molar-refractivity contribution in [1.29, 1.82) is 0 Å². The molecule has 30 heavy (non-hydrogen) atoms. The van der Waals surface area contributed by atoms with Crippen LogP contribution in [0.4, 0.5) is 5.69 Å². The van der Waals surface area contributed by atoms with Crippen LogP contribution < -0.4 is 5.32 Å². The first-order chi connectivity index (χ1) is 14.6. The summed E-state index contributed by atoms with van der Waals surface area (Å²) >= 11 is 0. The van der Waals surface area contributed by atoms with Crippen molar-refractivity contribution in [3.05, 3.63) is 82.5 Å². The fourth-order valence-electron chi connectivity index (χ4n) is 5.92. The van der Waals surface area contributed by atoms with Gasteiger partial charge in [0, 0.05) is 18.1 Å². The summed E-state index contributed by atoms with van der Waals surface area (Å²) in [7, 11) is 0. The fraction of sp³-hybridized carbons (Fsp3) is 0.448. The smallest absolute Gasteiger partial charge is 0.0558 e. The van der Waals surface area contributed by atoms with E-state index < -0.39 is 0 Å². The Balaban J connectivity index is 0.000000750. The Morgan fingerprint density at radius 2 is 1.93 bits per heavy atom. The lowest BCUT2D eigenvalue weighted by atomic mass is 9.71. The number of hydrogen-bond acceptors (Lipinski definition) is 1. The van der Waals surface area contributed by atoms with Crippen LogP contribution in [-0.4, -0.2) is 6.04 Å². The summed E-state index contributed by atoms with van der Waals surface area (Å²) in [5.41, 5.74) is 10.8. The molecule has 0 spiro atoms. The number of anilines is 1. The van der Waals surface area contributed by atoms with E-state index in [0.717, 1.165) is 24.7 Å². The summed E-state index contributed by atoms with van der Waals surface area (Å²) in [6, 6.07) is 9.30. The van der Waals surface area contributed by atoms with E-state index in [1.807, 2.05) is 13.8 Å². The first-order valence-electron chi connectivity index (χ1n) is 12.0. The van der Waals surface area contributed by atoms with Gasteiger partial charge in [-0.15, -0.1) is 0 Å². The quantitative estimate of drug-likeness (QED) is 0.434.